The normalized spacial score (nSPS) is 13.1. The third kappa shape index (κ3) is 8.67. The molecule has 0 bridgehead atoms. The maximum atomic E-state index is 11.6. The first-order valence-electron chi connectivity index (χ1n) is 6.24. The van der Waals surface area contributed by atoms with E-state index in [-0.39, 0.29) is 24.0 Å². The Balaban J connectivity index is 0. The zero-order chi connectivity index (χ0) is 14.4. The zero-order valence-electron chi connectivity index (χ0n) is 12.8. The van der Waals surface area contributed by atoms with Gasteiger partial charge in [-0.15, -0.1) is 24.0 Å². The van der Waals surface area contributed by atoms with Crippen LogP contribution in [0.25, 0.3) is 0 Å². The van der Waals surface area contributed by atoms with Gasteiger partial charge in [-0.25, -0.2) is 8.42 Å². The molecule has 0 aliphatic carbocycles. The molecule has 19 heavy (non-hydrogen) atoms. The molecule has 0 aromatic heterocycles. The quantitative estimate of drug-likeness (QED) is 0.401. The smallest absolute Gasteiger partial charge is 0.191 e. The van der Waals surface area contributed by atoms with Crippen LogP contribution in [-0.4, -0.2) is 45.5 Å². The Morgan fingerprint density at radius 3 is 2.16 bits per heavy atom. The molecule has 0 heterocycles. The second kappa shape index (κ2) is 8.99. The van der Waals surface area contributed by atoms with Crippen LogP contribution in [0.5, 0.6) is 0 Å². The second-order valence-corrected chi connectivity index (χ2v) is 8.22. The first kappa shape index (κ1) is 21.3. The van der Waals surface area contributed by atoms with E-state index in [4.69, 9.17) is 0 Å². The van der Waals surface area contributed by atoms with Crippen molar-refractivity contribution in [2.75, 3.05) is 26.4 Å². The molecule has 0 amide bonds. The van der Waals surface area contributed by atoms with E-state index in [2.05, 4.69) is 29.5 Å². The Hall–Kier alpha value is -0.0500. The van der Waals surface area contributed by atoms with E-state index < -0.39 is 14.6 Å². The van der Waals surface area contributed by atoms with Gasteiger partial charge in [0.1, 0.15) is 0 Å². The van der Waals surface area contributed by atoms with Gasteiger partial charge in [0.05, 0.1) is 4.75 Å². The summed E-state index contributed by atoms with van der Waals surface area (Å²) in [5, 5.41) is 6.22. The highest BCUT2D eigenvalue weighted by molar-refractivity contribution is 14.0. The second-order valence-electron chi connectivity index (χ2n) is 5.57. The summed E-state index contributed by atoms with van der Waals surface area (Å²) in [6.07, 6.45) is 2.31. The molecule has 0 unspecified atom stereocenters. The van der Waals surface area contributed by atoms with E-state index in [1.165, 1.54) is 6.26 Å². The van der Waals surface area contributed by atoms with Crippen LogP contribution in [0, 0.1) is 5.92 Å². The summed E-state index contributed by atoms with van der Waals surface area (Å²) in [6.45, 7) is 8.90. The molecule has 2 N–H and O–H groups in total. The highest BCUT2D eigenvalue weighted by Crippen LogP contribution is 2.13. The zero-order valence-corrected chi connectivity index (χ0v) is 15.9. The van der Waals surface area contributed by atoms with Crippen molar-refractivity contribution in [3.63, 3.8) is 0 Å². The van der Waals surface area contributed by atoms with Gasteiger partial charge in [0.25, 0.3) is 0 Å². The number of aliphatic imine (C=N–C) groups is 1. The van der Waals surface area contributed by atoms with Crippen LogP contribution in [0.3, 0.4) is 0 Å². The van der Waals surface area contributed by atoms with Crippen LogP contribution in [0.1, 0.15) is 34.1 Å². The van der Waals surface area contributed by atoms with Crippen molar-refractivity contribution in [2.24, 2.45) is 10.9 Å². The van der Waals surface area contributed by atoms with Crippen LogP contribution in [0.2, 0.25) is 0 Å². The predicted octanol–water partition coefficient (Wildman–Crippen LogP) is 1.64. The standard InChI is InChI=1S/C12H27N3O2S.HI/c1-10(2)7-8-14-11(13-5)15-9-12(3,4)18(6,16)17;/h10H,7-9H2,1-6H3,(H2,13,14,15);1H. The average molecular weight is 405 g/mol. The molecule has 5 nitrogen and oxygen atoms in total. The summed E-state index contributed by atoms with van der Waals surface area (Å²) in [6, 6.07) is 0. The Bertz CT molecular complexity index is 378. The monoisotopic (exact) mass is 405 g/mol. The molecule has 0 atom stereocenters. The molecule has 0 aromatic carbocycles. The molecular formula is C12H28IN3O2S. The number of guanidine groups is 1. The average Bonchev–Trinajstić information content (AvgIpc) is 2.20. The van der Waals surface area contributed by atoms with Crippen molar-refractivity contribution in [2.45, 2.75) is 38.9 Å². The SMILES string of the molecule is CN=C(NCCC(C)C)NCC(C)(C)S(C)(=O)=O.I. The van der Waals surface area contributed by atoms with Crippen molar-refractivity contribution < 1.29 is 8.42 Å². The summed E-state index contributed by atoms with van der Waals surface area (Å²) in [7, 11) is -1.41. The molecule has 0 spiro atoms. The first-order chi connectivity index (χ1) is 8.10. The molecule has 0 fully saturated rings. The highest BCUT2D eigenvalue weighted by atomic mass is 127. The van der Waals surface area contributed by atoms with Crippen LogP contribution < -0.4 is 10.6 Å². The summed E-state index contributed by atoms with van der Waals surface area (Å²) in [4.78, 5) is 4.07. The topological polar surface area (TPSA) is 70.6 Å². The van der Waals surface area contributed by atoms with Gasteiger partial charge in [0, 0.05) is 26.4 Å². The lowest BCUT2D eigenvalue weighted by atomic mass is 10.1. The molecule has 0 rings (SSSR count). The van der Waals surface area contributed by atoms with Crippen LogP contribution in [-0.2, 0) is 9.84 Å². The summed E-state index contributed by atoms with van der Waals surface area (Å²) in [5.74, 6) is 1.27. The van der Waals surface area contributed by atoms with Gasteiger partial charge in [-0.3, -0.25) is 4.99 Å². The molecule has 7 heteroatoms. The van der Waals surface area contributed by atoms with Crippen molar-refractivity contribution in [3.05, 3.63) is 0 Å². The molecule has 0 aromatic rings. The number of hydrogen-bond acceptors (Lipinski definition) is 3. The Kier molecular flexibility index (Phi) is 10.1. The minimum absolute atomic E-state index is 0. The lowest BCUT2D eigenvalue weighted by molar-refractivity contribution is 0.541. The maximum Gasteiger partial charge on any atom is 0.191 e. The van der Waals surface area contributed by atoms with E-state index in [9.17, 15) is 8.42 Å². The number of halogens is 1. The van der Waals surface area contributed by atoms with Crippen LogP contribution >= 0.6 is 24.0 Å². The predicted molar refractivity (Wildman–Crippen MR) is 93.2 cm³/mol. The van der Waals surface area contributed by atoms with Gasteiger partial charge in [-0.05, 0) is 26.2 Å². The lowest BCUT2D eigenvalue weighted by Crippen LogP contribution is -2.47. The first-order valence-corrected chi connectivity index (χ1v) is 8.13. The summed E-state index contributed by atoms with van der Waals surface area (Å²) in [5.41, 5.74) is 0. The fourth-order valence-corrected chi connectivity index (χ4v) is 1.46. The van der Waals surface area contributed by atoms with Crippen LogP contribution in [0.15, 0.2) is 4.99 Å². The molecular weight excluding hydrogens is 377 g/mol. The minimum atomic E-state index is -3.09. The van der Waals surface area contributed by atoms with E-state index >= 15 is 0 Å². The Morgan fingerprint density at radius 1 is 1.26 bits per heavy atom. The molecule has 0 aliphatic heterocycles. The molecule has 0 saturated heterocycles. The van der Waals surface area contributed by atoms with Gasteiger partial charge in [-0.1, -0.05) is 13.8 Å². The Morgan fingerprint density at radius 2 is 1.79 bits per heavy atom. The van der Waals surface area contributed by atoms with Crippen molar-refractivity contribution in [1.82, 2.24) is 10.6 Å². The number of rotatable bonds is 6. The van der Waals surface area contributed by atoms with Gasteiger partial charge >= 0.3 is 0 Å². The van der Waals surface area contributed by atoms with E-state index in [1.54, 1.807) is 20.9 Å². The minimum Gasteiger partial charge on any atom is -0.356 e. The molecule has 116 valence electrons. The molecule has 0 saturated carbocycles. The van der Waals surface area contributed by atoms with Gasteiger partial charge in [0.15, 0.2) is 15.8 Å². The third-order valence-corrected chi connectivity index (χ3v) is 5.07. The van der Waals surface area contributed by atoms with E-state index in [0.717, 1.165) is 13.0 Å². The molecule has 0 aliphatic rings. The largest absolute Gasteiger partial charge is 0.356 e. The van der Waals surface area contributed by atoms with Gasteiger partial charge < -0.3 is 10.6 Å². The van der Waals surface area contributed by atoms with E-state index in [1.807, 2.05) is 0 Å². The fraction of sp³-hybridized carbons (Fsp3) is 0.917. The lowest BCUT2D eigenvalue weighted by Gasteiger charge is -2.24. The highest BCUT2D eigenvalue weighted by Gasteiger charge is 2.30. The fourth-order valence-electron chi connectivity index (χ4n) is 1.13. The summed E-state index contributed by atoms with van der Waals surface area (Å²) >= 11 is 0. The maximum absolute atomic E-state index is 11.6. The van der Waals surface area contributed by atoms with Gasteiger partial charge in [0.2, 0.25) is 0 Å². The number of hydrogen-bond donors (Lipinski definition) is 2. The third-order valence-electron chi connectivity index (χ3n) is 2.92. The van der Waals surface area contributed by atoms with Gasteiger partial charge in [-0.2, -0.15) is 0 Å². The number of nitrogens with zero attached hydrogens (tertiary/aromatic N) is 1. The van der Waals surface area contributed by atoms with Crippen molar-refractivity contribution in [1.29, 1.82) is 0 Å². The van der Waals surface area contributed by atoms with Crippen LogP contribution in [0.4, 0.5) is 0 Å². The molecule has 0 radical (unpaired) electrons. The number of sulfone groups is 1. The van der Waals surface area contributed by atoms with Crippen molar-refractivity contribution >= 4 is 39.8 Å². The Labute approximate surface area is 135 Å². The summed E-state index contributed by atoms with van der Waals surface area (Å²) < 4.78 is 22.3. The van der Waals surface area contributed by atoms with E-state index in [0.29, 0.717) is 18.4 Å². The number of nitrogens with one attached hydrogen (secondary N) is 2. The van der Waals surface area contributed by atoms with Crippen molar-refractivity contribution in [3.8, 4) is 0 Å².